The van der Waals surface area contributed by atoms with Gasteiger partial charge in [-0.3, -0.25) is 0 Å². The van der Waals surface area contributed by atoms with E-state index < -0.39 is 5.60 Å². The number of rotatable bonds is 3. The summed E-state index contributed by atoms with van der Waals surface area (Å²) in [6.07, 6.45) is 0. The van der Waals surface area contributed by atoms with Crippen molar-refractivity contribution in [3.05, 3.63) is 58.7 Å². The van der Waals surface area contributed by atoms with E-state index in [1.54, 1.807) is 0 Å². The van der Waals surface area contributed by atoms with Crippen LogP contribution in [0.4, 0.5) is 11.4 Å². The van der Waals surface area contributed by atoms with E-state index in [0.29, 0.717) is 5.56 Å². The topological polar surface area (TPSA) is 38.3 Å². The molecule has 1 N–H and O–H groups in total. The molecule has 2 rings (SSSR count). The number of carbonyl (C=O) groups is 1. The molecule has 0 aliphatic rings. The Kier molecular flexibility index (Phi) is 6.23. The van der Waals surface area contributed by atoms with Crippen LogP contribution in [-0.4, -0.2) is 11.6 Å². The summed E-state index contributed by atoms with van der Waals surface area (Å²) in [5, 5.41) is 3.53. The summed E-state index contributed by atoms with van der Waals surface area (Å²) in [5.74, 6) is -0.318. The van der Waals surface area contributed by atoms with Gasteiger partial charge in [-0.05, 0) is 73.4 Å². The van der Waals surface area contributed by atoms with Crippen LogP contribution < -0.4 is 5.32 Å². The molecule has 2 aromatic carbocycles. The van der Waals surface area contributed by atoms with Crippen molar-refractivity contribution >= 4 is 17.3 Å². The fourth-order valence-corrected chi connectivity index (χ4v) is 3.30. The fraction of sp³-hybridized carbons (Fsp3) is 0.500. The lowest BCUT2D eigenvalue weighted by Crippen LogP contribution is -2.24. The van der Waals surface area contributed by atoms with Crippen molar-refractivity contribution in [2.24, 2.45) is 0 Å². The maximum atomic E-state index is 12.7. The van der Waals surface area contributed by atoms with E-state index in [-0.39, 0.29) is 16.8 Å². The summed E-state index contributed by atoms with van der Waals surface area (Å²) in [6.45, 7) is 21.2. The molecule has 29 heavy (non-hydrogen) atoms. The predicted octanol–water partition coefficient (Wildman–Crippen LogP) is 7.29. The summed E-state index contributed by atoms with van der Waals surface area (Å²) >= 11 is 0. The van der Waals surface area contributed by atoms with Crippen molar-refractivity contribution in [3.8, 4) is 0 Å². The molecule has 0 unspecified atom stereocenters. The van der Waals surface area contributed by atoms with E-state index in [0.717, 1.165) is 11.4 Å². The molecule has 0 spiro atoms. The third-order valence-corrected chi connectivity index (χ3v) is 4.90. The highest BCUT2D eigenvalue weighted by Gasteiger charge is 2.25. The Hall–Kier alpha value is -2.29. The van der Waals surface area contributed by atoms with Crippen molar-refractivity contribution in [1.82, 2.24) is 0 Å². The molecule has 3 heteroatoms. The van der Waals surface area contributed by atoms with Gasteiger partial charge in [-0.1, -0.05) is 59.7 Å². The molecule has 0 fully saturated rings. The lowest BCUT2D eigenvalue weighted by molar-refractivity contribution is 0.00707. The van der Waals surface area contributed by atoms with Crippen LogP contribution in [0, 0.1) is 6.92 Å². The minimum atomic E-state index is -0.536. The molecular weight excluding hydrogens is 358 g/mol. The minimum Gasteiger partial charge on any atom is -0.456 e. The molecular formula is C26H37NO2. The van der Waals surface area contributed by atoms with Crippen molar-refractivity contribution in [2.75, 3.05) is 5.32 Å². The van der Waals surface area contributed by atoms with E-state index in [9.17, 15) is 4.79 Å². The average Bonchev–Trinajstić information content (AvgIpc) is 2.53. The van der Waals surface area contributed by atoms with Crippen LogP contribution in [0.25, 0.3) is 0 Å². The van der Waals surface area contributed by atoms with E-state index >= 15 is 0 Å². The van der Waals surface area contributed by atoms with Gasteiger partial charge in [0.2, 0.25) is 0 Å². The van der Waals surface area contributed by atoms with Gasteiger partial charge in [-0.25, -0.2) is 4.79 Å². The molecule has 0 aliphatic heterocycles. The molecule has 0 saturated heterocycles. The summed E-state index contributed by atoms with van der Waals surface area (Å²) < 4.78 is 5.61. The van der Waals surface area contributed by atoms with Gasteiger partial charge < -0.3 is 10.1 Å². The van der Waals surface area contributed by atoms with Gasteiger partial charge in [-0.2, -0.15) is 0 Å². The Bertz CT molecular complexity index is 890. The molecule has 3 nitrogen and oxygen atoms in total. The maximum absolute atomic E-state index is 12.7. The largest absolute Gasteiger partial charge is 0.456 e. The van der Waals surface area contributed by atoms with Crippen LogP contribution in [0.15, 0.2) is 36.4 Å². The third kappa shape index (κ3) is 5.85. The van der Waals surface area contributed by atoms with Gasteiger partial charge >= 0.3 is 5.97 Å². The first-order valence-corrected chi connectivity index (χ1v) is 10.3. The number of hydrogen-bond acceptors (Lipinski definition) is 3. The zero-order chi connectivity index (χ0) is 22.2. The van der Waals surface area contributed by atoms with Crippen LogP contribution in [-0.2, 0) is 15.6 Å². The number of hydrogen-bond donors (Lipinski definition) is 1. The second kappa shape index (κ2) is 7.85. The number of para-hydroxylation sites is 1. The predicted molar refractivity (Wildman–Crippen MR) is 123 cm³/mol. The van der Waals surface area contributed by atoms with Crippen molar-refractivity contribution in [3.63, 3.8) is 0 Å². The first kappa shape index (κ1) is 23.0. The van der Waals surface area contributed by atoms with Gasteiger partial charge in [0.1, 0.15) is 5.60 Å². The molecule has 0 bridgehead atoms. The Morgan fingerprint density at radius 3 is 1.93 bits per heavy atom. The average molecular weight is 396 g/mol. The van der Waals surface area contributed by atoms with E-state index in [1.165, 1.54) is 16.7 Å². The Labute approximate surface area is 176 Å². The number of carbonyl (C=O) groups excluding carboxylic acids is 1. The standard InChI is InChI=1S/C26H37NO2/c1-17-20(25(5,6)7)15-18(24(2,3)4)16-22(17)27-21-14-12-11-13-19(21)23(28)29-26(8,9)10/h11-16,27H,1-10H3. The van der Waals surface area contributed by atoms with Crippen molar-refractivity contribution in [1.29, 1.82) is 0 Å². The second-order valence-electron chi connectivity index (χ2n) is 10.9. The molecule has 0 atom stereocenters. The molecule has 0 amide bonds. The van der Waals surface area contributed by atoms with Gasteiger partial charge in [0.05, 0.1) is 11.3 Å². The van der Waals surface area contributed by atoms with Crippen LogP contribution in [0.1, 0.15) is 89.4 Å². The fourth-order valence-electron chi connectivity index (χ4n) is 3.30. The van der Waals surface area contributed by atoms with Crippen LogP contribution in [0.5, 0.6) is 0 Å². The van der Waals surface area contributed by atoms with Crippen LogP contribution in [0.2, 0.25) is 0 Å². The Balaban J connectivity index is 2.57. The Morgan fingerprint density at radius 2 is 1.41 bits per heavy atom. The minimum absolute atomic E-state index is 0.0203. The molecule has 0 saturated carbocycles. The smallest absolute Gasteiger partial charge is 0.340 e. The first-order chi connectivity index (χ1) is 13.1. The zero-order valence-electron chi connectivity index (χ0n) is 19.8. The highest BCUT2D eigenvalue weighted by atomic mass is 16.6. The van der Waals surface area contributed by atoms with Gasteiger partial charge in [-0.15, -0.1) is 0 Å². The molecule has 0 aromatic heterocycles. The lowest BCUT2D eigenvalue weighted by atomic mass is 9.78. The third-order valence-electron chi connectivity index (χ3n) is 4.90. The van der Waals surface area contributed by atoms with Crippen molar-refractivity contribution in [2.45, 2.75) is 85.7 Å². The zero-order valence-corrected chi connectivity index (χ0v) is 19.8. The summed E-state index contributed by atoms with van der Waals surface area (Å²) in [6, 6.07) is 12.1. The monoisotopic (exact) mass is 395 g/mol. The quantitative estimate of drug-likeness (QED) is 0.555. The normalized spacial score (nSPS) is 12.6. The van der Waals surface area contributed by atoms with E-state index in [2.05, 4.69) is 65.9 Å². The summed E-state index contributed by atoms with van der Waals surface area (Å²) in [5.41, 5.74) is 5.61. The number of esters is 1. The molecule has 2 aromatic rings. The first-order valence-electron chi connectivity index (χ1n) is 10.3. The molecule has 0 radical (unpaired) electrons. The van der Waals surface area contributed by atoms with Crippen molar-refractivity contribution < 1.29 is 9.53 Å². The van der Waals surface area contributed by atoms with Crippen LogP contribution in [0.3, 0.4) is 0 Å². The summed E-state index contributed by atoms with van der Waals surface area (Å²) in [4.78, 5) is 12.7. The number of nitrogens with one attached hydrogen (secondary N) is 1. The number of anilines is 2. The van der Waals surface area contributed by atoms with Gasteiger partial charge in [0.15, 0.2) is 0 Å². The maximum Gasteiger partial charge on any atom is 0.340 e. The van der Waals surface area contributed by atoms with E-state index in [4.69, 9.17) is 4.74 Å². The van der Waals surface area contributed by atoms with Gasteiger partial charge in [0, 0.05) is 5.69 Å². The second-order valence-corrected chi connectivity index (χ2v) is 10.9. The molecule has 0 heterocycles. The number of ether oxygens (including phenoxy) is 1. The highest BCUT2D eigenvalue weighted by molar-refractivity contribution is 5.97. The van der Waals surface area contributed by atoms with E-state index in [1.807, 2.05) is 45.0 Å². The number of benzene rings is 2. The van der Waals surface area contributed by atoms with Crippen LogP contribution >= 0.6 is 0 Å². The summed E-state index contributed by atoms with van der Waals surface area (Å²) in [7, 11) is 0. The Morgan fingerprint density at radius 1 is 0.828 bits per heavy atom. The SMILES string of the molecule is Cc1c(Nc2ccccc2C(=O)OC(C)(C)C)cc(C(C)(C)C)cc1C(C)(C)C. The van der Waals surface area contributed by atoms with Gasteiger partial charge in [0.25, 0.3) is 0 Å². The lowest BCUT2D eigenvalue weighted by Gasteiger charge is -2.29. The molecule has 0 aliphatic carbocycles. The molecule has 158 valence electrons. The highest BCUT2D eigenvalue weighted by Crippen LogP contribution is 2.37.